The first kappa shape index (κ1) is 17.3. The van der Waals surface area contributed by atoms with Crippen LogP contribution in [0.5, 0.6) is 0 Å². The molecule has 2 aromatic carbocycles. The third-order valence-corrected chi connectivity index (χ3v) is 4.28. The van der Waals surface area contributed by atoms with E-state index in [2.05, 4.69) is 25.9 Å². The van der Waals surface area contributed by atoms with Crippen LogP contribution in [-0.4, -0.2) is 20.6 Å². The highest BCUT2D eigenvalue weighted by Crippen LogP contribution is 2.32. The summed E-state index contributed by atoms with van der Waals surface area (Å²) in [5, 5.41) is 17.7. The molecule has 2 heterocycles. The number of nitrogens with one attached hydrogen (secondary N) is 2. The lowest BCUT2D eigenvalue weighted by atomic mass is 10.1. The zero-order valence-corrected chi connectivity index (χ0v) is 14.3. The third kappa shape index (κ3) is 3.59. The molecule has 0 saturated heterocycles. The maximum atomic E-state index is 12.8. The lowest BCUT2D eigenvalue weighted by molar-refractivity contribution is -0.137. The van der Waals surface area contributed by atoms with Crippen molar-refractivity contribution in [2.45, 2.75) is 12.7 Å². The number of aromatic amines is 1. The predicted octanol–water partition coefficient (Wildman–Crippen LogP) is 4.90. The number of alkyl halides is 3. The molecule has 2 aromatic heterocycles. The van der Waals surface area contributed by atoms with E-state index in [4.69, 9.17) is 16.0 Å². The van der Waals surface area contributed by atoms with Crippen LogP contribution in [0.25, 0.3) is 22.6 Å². The first-order valence-corrected chi connectivity index (χ1v) is 8.15. The van der Waals surface area contributed by atoms with Gasteiger partial charge in [0.15, 0.2) is 5.76 Å². The molecule has 0 aliphatic carbocycles. The van der Waals surface area contributed by atoms with Crippen LogP contribution in [0, 0.1) is 0 Å². The van der Waals surface area contributed by atoms with Crippen molar-refractivity contribution in [3.8, 4) is 11.6 Å². The maximum Gasteiger partial charge on any atom is 0.416 e. The molecule has 2 N–H and O–H groups in total. The fourth-order valence-corrected chi connectivity index (χ4v) is 2.85. The Kier molecular flexibility index (Phi) is 4.23. The van der Waals surface area contributed by atoms with Crippen molar-refractivity contribution in [1.82, 2.24) is 20.6 Å². The summed E-state index contributed by atoms with van der Waals surface area (Å²) in [4.78, 5) is 0. The minimum atomic E-state index is -4.39. The summed E-state index contributed by atoms with van der Waals surface area (Å²) >= 11 is 6.30. The van der Waals surface area contributed by atoms with Crippen molar-refractivity contribution < 1.29 is 17.6 Å². The van der Waals surface area contributed by atoms with Crippen molar-refractivity contribution in [1.29, 1.82) is 0 Å². The highest BCUT2D eigenvalue weighted by atomic mass is 35.5. The van der Waals surface area contributed by atoms with Crippen LogP contribution in [0.15, 0.2) is 46.9 Å². The maximum absolute atomic E-state index is 12.8. The largest absolute Gasteiger partial charge is 0.453 e. The number of anilines is 1. The molecule has 0 saturated carbocycles. The topological polar surface area (TPSA) is 79.6 Å². The smallest absolute Gasteiger partial charge is 0.416 e. The highest BCUT2D eigenvalue weighted by Gasteiger charge is 2.30. The second-order valence-corrected chi connectivity index (χ2v) is 6.17. The van der Waals surface area contributed by atoms with Gasteiger partial charge in [-0.3, -0.25) is 0 Å². The Balaban J connectivity index is 1.58. The van der Waals surface area contributed by atoms with Crippen molar-refractivity contribution in [2.75, 3.05) is 5.32 Å². The first-order chi connectivity index (χ1) is 12.9. The fraction of sp³-hybridized carbons (Fsp3) is 0.118. The van der Waals surface area contributed by atoms with E-state index in [1.165, 1.54) is 6.07 Å². The molecular weight excluding hydrogens is 383 g/mol. The second-order valence-electron chi connectivity index (χ2n) is 5.76. The van der Waals surface area contributed by atoms with Gasteiger partial charge < -0.3 is 9.73 Å². The number of fused-ring (bicyclic) bond motifs is 1. The lowest BCUT2D eigenvalue weighted by Gasteiger charge is -2.11. The summed E-state index contributed by atoms with van der Waals surface area (Å²) in [5.41, 5.74) is 0.855. The molecule has 138 valence electrons. The molecule has 0 unspecified atom stereocenters. The molecule has 0 amide bonds. The van der Waals surface area contributed by atoms with Gasteiger partial charge in [-0.25, -0.2) is 0 Å². The number of rotatable bonds is 4. The van der Waals surface area contributed by atoms with E-state index in [1.54, 1.807) is 24.3 Å². The van der Waals surface area contributed by atoms with Crippen LogP contribution in [0.1, 0.15) is 11.1 Å². The summed E-state index contributed by atoms with van der Waals surface area (Å²) < 4.78 is 44.1. The minimum absolute atomic E-state index is 0.230. The van der Waals surface area contributed by atoms with E-state index < -0.39 is 11.7 Å². The fourth-order valence-electron chi connectivity index (χ4n) is 2.62. The number of hydrogen-bond donors (Lipinski definition) is 2. The highest BCUT2D eigenvalue weighted by molar-refractivity contribution is 6.32. The lowest BCUT2D eigenvalue weighted by Crippen LogP contribution is -2.06. The average molecular weight is 394 g/mol. The Morgan fingerprint density at radius 1 is 1.15 bits per heavy atom. The van der Waals surface area contributed by atoms with Crippen LogP contribution < -0.4 is 5.32 Å². The van der Waals surface area contributed by atoms with Gasteiger partial charge in [0, 0.05) is 22.6 Å². The number of hydrogen-bond acceptors (Lipinski definition) is 5. The Morgan fingerprint density at radius 2 is 2.00 bits per heavy atom. The molecule has 0 atom stereocenters. The second kappa shape index (κ2) is 6.58. The molecule has 0 fully saturated rings. The van der Waals surface area contributed by atoms with Gasteiger partial charge in [-0.05, 0) is 47.2 Å². The molecule has 4 aromatic rings. The zero-order valence-electron chi connectivity index (χ0n) is 13.5. The predicted molar refractivity (Wildman–Crippen MR) is 93.2 cm³/mol. The summed E-state index contributed by atoms with van der Waals surface area (Å²) in [7, 11) is 0. The van der Waals surface area contributed by atoms with E-state index in [0.29, 0.717) is 33.4 Å². The number of nitrogens with zero attached hydrogens (tertiary/aromatic N) is 3. The third-order valence-electron chi connectivity index (χ3n) is 3.92. The van der Waals surface area contributed by atoms with Crippen LogP contribution in [0.3, 0.4) is 0 Å². The van der Waals surface area contributed by atoms with Crippen LogP contribution in [-0.2, 0) is 12.7 Å². The van der Waals surface area contributed by atoms with Gasteiger partial charge in [-0.1, -0.05) is 17.7 Å². The first-order valence-electron chi connectivity index (χ1n) is 7.77. The van der Waals surface area contributed by atoms with E-state index in [0.717, 1.165) is 17.5 Å². The van der Waals surface area contributed by atoms with Crippen molar-refractivity contribution in [3.63, 3.8) is 0 Å². The molecule has 0 bridgehead atoms. The Hall–Kier alpha value is -3.07. The summed E-state index contributed by atoms with van der Waals surface area (Å²) in [5.74, 6) is 0.740. The minimum Gasteiger partial charge on any atom is -0.453 e. The Bertz CT molecular complexity index is 1090. The van der Waals surface area contributed by atoms with Crippen LogP contribution in [0.4, 0.5) is 18.9 Å². The number of tetrazole rings is 1. The van der Waals surface area contributed by atoms with Crippen molar-refractivity contribution >= 4 is 28.3 Å². The number of aromatic nitrogens is 4. The number of halogens is 4. The van der Waals surface area contributed by atoms with E-state index in [9.17, 15) is 13.2 Å². The van der Waals surface area contributed by atoms with E-state index in [1.807, 2.05) is 0 Å². The van der Waals surface area contributed by atoms with Gasteiger partial charge in [0.1, 0.15) is 5.58 Å². The average Bonchev–Trinajstić information content (AvgIpc) is 3.28. The van der Waals surface area contributed by atoms with Crippen molar-refractivity contribution in [2.24, 2.45) is 0 Å². The summed E-state index contributed by atoms with van der Waals surface area (Å²) in [6.07, 6.45) is -4.39. The molecule has 0 aliphatic rings. The molecule has 10 heteroatoms. The molecule has 4 rings (SSSR count). The zero-order chi connectivity index (χ0) is 19.0. The van der Waals surface area contributed by atoms with Gasteiger partial charge in [0.05, 0.1) is 5.56 Å². The number of benzene rings is 2. The van der Waals surface area contributed by atoms with Gasteiger partial charge in [0.25, 0.3) is 0 Å². The van der Waals surface area contributed by atoms with Crippen LogP contribution in [0.2, 0.25) is 5.02 Å². The van der Waals surface area contributed by atoms with E-state index >= 15 is 0 Å². The summed E-state index contributed by atoms with van der Waals surface area (Å²) in [6.45, 7) is 0.230. The monoisotopic (exact) mass is 393 g/mol. The number of H-pyrrole nitrogens is 1. The van der Waals surface area contributed by atoms with Crippen molar-refractivity contribution in [3.05, 3.63) is 58.6 Å². The Morgan fingerprint density at radius 3 is 2.74 bits per heavy atom. The Labute approximate surface area is 155 Å². The standard InChI is InChI=1S/C17H11ClF3N5O/c18-13-4-9-5-15(16-23-25-26-24-16)27-14(9)6-10(13)8-22-12-3-1-2-11(7-12)17(19,20)21/h1-7,22H,8H2,(H,23,24,25,26). The van der Waals surface area contributed by atoms with Gasteiger partial charge >= 0.3 is 6.18 Å². The molecule has 0 spiro atoms. The SMILES string of the molecule is FC(F)(F)c1cccc(NCc2cc3oc(-c4nn[nH]n4)cc3cc2Cl)c1. The van der Waals surface area contributed by atoms with Gasteiger partial charge in [0.2, 0.25) is 5.82 Å². The van der Waals surface area contributed by atoms with Gasteiger partial charge in [-0.2, -0.15) is 18.4 Å². The van der Waals surface area contributed by atoms with Crippen LogP contribution >= 0.6 is 11.6 Å². The normalized spacial score (nSPS) is 11.9. The quantitative estimate of drug-likeness (QED) is 0.515. The van der Waals surface area contributed by atoms with Gasteiger partial charge in [-0.15, -0.1) is 10.2 Å². The summed E-state index contributed by atoms with van der Waals surface area (Å²) in [6, 6.07) is 10.1. The molecule has 0 aliphatic heterocycles. The molecule has 0 radical (unpaired) electrons. The number of furan rings is 1. The molecule has 27 heavy (non-hydrogen) atoms. The van der Waals surface area contributed by atoms with E-state index in [-0.39, 0.29) is 6.54 Å². The molecular formula is C17H11ClF3N5O. The molecule has 6 nitrogen and oxygen atoms in total.